The lowest BCUT2D eigenvalue weighted by Gasteiger charge is -2.38. The number of nitrogens with one attached hydrogen (secondary N) is 2. The molecule has 1 saturated heterocycles. The molecule has 2 aromatic heterocycles. The predicted octanol–water partition coefficient (Wildman–Crippen LogP) is 1.66. The summed E-state index contributed by atoms with van der Waals surface area (Å²) in [5, 5.41) is 17.3. The molecule has 1 saturated carbocycles. The molecule has 10 nitrogen and oxygen atoms in total. The van der Waals surface area contributed by atoms with Crippen molar-refractivity contribution < 1.29 is 14.3 Å². The van der Waals surface area contributed by atoms with Gasteiger partial charge >= 0.3 is 6.09 Å². The van der Waals surface area contributed by atoms with Crippen LogP contribution in [0.25, 0.3) is 0 Å². The first-order valence-electron chi connectivity index (χ1n) is 9.20. The number of aromatic amines is 1. The van der Waals surface area contributed by atoms with E-state index in [9.17, 15) is 9.59 Å². The SMILES string of the molecule is C[C@H]1CCN1C(=O)O[C@@H]1CC[C@H](c2cc(NC(=O)c3cnnn3C)n[nH]2)C1. The van der Waals surface area contributed by atoms with E-state index in [1.54, 1.807) is 11.9 Å². The Balaban J connectivity index is 1.32. The van der Waals surface area contributed by atoms with Crippen LogP contribution < -0.4 is 5.32 Å². The van der Waals surface area contributed by atoms with Crippen LogP contribution in [0.3, 0.4) is 0 Å². The van der Waals surface area contributed by atoms with Crippen molar-refractivity contribution in [2.45, 2.75) is 50.7 Å². The fourth-order valence-corrected chi connectivity index (χ4v) is 3.61. The fraction of sp³-hybridized carbons (Fsp3) is 0.588. The van der Waals surface area contributed by atoms with Crippen molar-refractivity contribution in [2.24, 2.45) is 7.05 Å². The number of anilines is 1. The Bertz CT molecular complexity index is 845. The van der Waals surface area contributed by atoms with Crippen molar-refractivity contribution >= 4 is 17.8 Å². The number of hydrogen-bond donors (Lipinski definition) is 2. The van der Waals surface area contributed by atoms with Gasteiger partial charge in [-0.25, -0.2) is 9.48 Å². The van der Waals surface area contributed by atoms with Crippen LogP contribution in [0.15, 0.2) is 12.3 Å². The van der Waals surface area contributed by atoms with Gasteiger partial charge in [0.15, 0.2) is 5.82 Å². The first-order valence-corrected chi connectivity index (χ1v) is 9.20. The van der Waals surface area contributed by atoms with E-state index in [-0.39, 0.29) is 30.1 Å². The van der Waals surface area contributed by atoms with Crippen LogP contribution in [-0.4, -0.2) is 60.8 Å². The minimum absolute atomic E-state index is 0.0721. The molecule has 2 aromatic rings. The number of hydrogen-bond acceptors (Lipinski definition) is 6. The van der Waals surface area contributed by atoms with Gasteiger partial charge in [-0.15, -0.1) is 5.10 Å². The molecule has 27 heavy (non-hydrogen) atoms. The molecule has 0 bridgehead atoms. The van der Waals surface area contributed by atoms with Crippen LogP contribution in [0, 0.1) is 0 Å². The first-order chi connectivity index (χ1) is 13.0. The van der Waals surface area contributed by atoms with Crippen molar-refractivity contribution in [1.29, 1.82) is 0 Å². The summed E-state index contributed by atoms with van der Waals surface area (Å²) in [6, 6.07) is 2.11. The van der Waals surface area contributed by atoms with Gasteiger partial charge in [0.2, 0.25) is 0 Å². The van der Waals surface area contributed by atoms with Crippen molar-refractivity contribution in [3.63, 3.8) is 0 Å². The van der Waals surface area contributed by atoms with Crippen molar-refractivity contribution in [3.8, 4) is 0 Å². The molecule has 4 rings (SSSR count). The van der Waals surface area contributed by atoms with E-state index in [1.807, 2.05) is 13.0 Å². The third-order valence-electron chi connectivity index (χ3n) is 5.43. The Morgan fingerprint density at radius 3 is 2.85 bits per heavy atom. The molecule has 3 atom stereocenters. The van der Waals surface area contributed by atoms with E-state index >= 15 is 0 Å². The summed E-state index contributed by atoms with van der Waals surface area (Å²) in [7, 11) is 1.65. The molecule has 2 aliphatic rings. The molecule has 0 unspecified atom stereocenters. The largest absolute Gasteiger partial charge is 0.446 e. The lowest BCUT2D eigenvalue weighted by atomic mass is 10.0. The summed E-state index contributed by atoms with van der Waals surface area (Å²) in [5.41, 5.74) is 1.29. The molecule has 2 fully saturated rings. The topological polar surface area (TPSA) is 118 Å². The number of H-pyrrole nitrogens is 1. The Hall–Kier alpha value is -2.91. The third kappa shape index (κ3) is 3.51. The summed E-state index contributed by atoms with van der Waals surface area (Å²) in [6.45, 7) is 2.82. The first kappa shape index (κ1) is 17.5. The molecule has 1 aliphatic heterocycles. The molecule has 144 valence electrons. The minimum atomic E-state index is -0.317. The van der Waals surface area contributed by atoms with Crippen LogP contribution in [0.2, 0.25) is 0 Å². The van der Waals surface area contributed by atoms with Crippen LogP contribution in [0.5, 0.6) is 0 Å². The highest BCUT2D eigenvalue weighted by atomic mass is 16.6. The lowest BCUT2D eigenvalue weighted by molar-refractivity contribution is 0.0281. The number of nitrogens with zero attached hydrogens (tertiary/aromatic N) is 5. The number of carbonyl (C=O) groups excluding carboxylic acids is 2. The van der Waals surface area contributed by atoms with Gasteiger partial charge in [-0.1, -0.05) is 5.21 Å². The van der Waals surface area contributed by atoms with Gasteiger partial charge in [0.1, 0.15) is 11.8 Å². The number of aromatic nitrogens is 5. The monoisotopic (exact) mass is 373 g/mol. The van der Waals surface area contributed by atoms with E-state index < -0.39 is 0 Å². The molecule has 0 spiro atoms. The van der Waals surface area contributed by atoms with Crippen molar-refractivity contribution in [2.75, 3.05) is 11.9 Å². The number of rotatable bonds is 4. The highest BCUT2D eigenvalue weighted by Crippen LogP contribution is 2.36. The normalized spacial score (nSPS) is 24.5. The zero-order valence-corrected chi connectivity index (χ0v) is 15.4. The van der Waals surface area contributed by atoms with Gasteiger partial charge < -0.3 is 15.0 Å². The molecule has 1 aliphatic carbocycles. The van der Waals surface area contributed by atoms with Crippen molar-refractivity contribution in [1.82, 2.24) is 30.1 Å². The number of carbonyl (C=O) groups is 2. The van der Waals surface area contributed by atoms with Gasteiger partial charge in [0.05, 0.1) is 6.20 Å². The maximum Gasteiger partial charge on any atom is 0.410 e. The summed E-state index contributed by atoms with van der Waals surface area (Å²) in [4.78, 5) is 26.1. The lowest BCUT2D eigenvalue weighted by Crippen LogP contribution is -2.50. The summed E-state index contributed by atoms with van der Waals surface area (Å²) in [5.74, 6) is 0.363. The third-order valence-corrected chi connectivity index (χ3v) is 5.43. The highest BCUT2D eigenvalue weighted by Gasteiger charge is 2.34. The molecule has 0 aromatic carbocycles. The second kappa shape index (κ2) is 7.01. The number of aryl methyl sites for hydroxylation is 1. The van der Waals surface area contributed by atoms with E-state index in [2.05, 4.69) is 25.8 Å². The number of ether oxygens (including phenoxy) is 1. The number of likely N-dealkylation sites (tertiary alicyclic amines) is 1. The fourth-order valence-electron chi connectivity index (χ4n) is 3.61. The van der Waals surface area contributed by atoms with E-state index in [0.717, 1.165) is 37.9 Å². The van der Waals surface area contributed by atoms with E-state index in [0.29, 0.717) is 11.5 Å². The van der Waals surface area contributed by atoms with Crippen LogP contribution in [0.1, 0.15) is 54.7 Å². The zero-order chi connectivity index (χ0) is 19.0. The van der Waals surface area contributed by atoms with Gasteiger partial charge in [0.25, 0.3) is 5.91 Å². The molecule has 3 heterocycles. The molecule has 2 N–H and O–H groups in total. The molecular weight excluding hydrogens is 350 g/mol. The maximum absolute atomic E-state index is 12.2. The summed E-state index contributed by atoms with van der Waals surface area (Å²) >= 11 is 0. The van der Waals surface area contributed by atoms with Crippen LogP contribution in [0.4, 0.5) is 10.6 Å². The Kier molecular flexibility index (Phi) is 4.54. The van der Waals surface area contributed by atoms with Gasteiger partial charge in [-0.3, -0.25) is 9.89 Å². The number of amides is 2. The van der Waals surface area contributed by atoms with Crippen LogP contribution >= 0.6 is 0 Å². The average Bonchev–Trinajstić information content (AvgIpc) is 3.34. The van der Waals surface area contributed by atoms with E-state index in [1.165, 1.54) is 10.9 Å². The summed E-state index contributed by atoms with van der Waals surface area (Å²) < 4.78 is 7.04. The molecule has 2 amide bonds. The second-order valence-corrected chi connectivity index (χ2v) is 7.25. The maximum atomic E-state index is 12.2. The van der Waals surface area contributed by atoms with Crippen molar-refractivity contribution in [3.05, 3.63) is 23.7 Å². The summed E-state index contributed by atoms with van der Waals surface area (Å²) in [6.07, 6.45) is 4.67. The smallest absolute Gasteiger partial charge is 0.410 e. The average molecular weight is 373 g/mol. The second-order valence-electron chi connectivity index (χ2n) is 7.25. The van der Waals surface area contributed by atoms with E-state index in [4.69, 9.17) is 4.74 Å². The zero-order valence-electron chi connectivity index (χ0n) is 15.4. The Morgan fingerprint density at radius 1 is 1.33 bits per heavy atom. The van der Waals surface area contributed by atoms with Gasteiger partial charge in [-0.05, 0) is 32.6 Å². The van der Waals surface area contributed by atoms with Gasteiger partial charge in [0, 0.05) is 37.3 Å². The predicted molar refractivity (Wildman–Crippen MR) is 95.2 cm³/mol. The highest BCUT2D eigenvalue weighted by molar-refractivity contribution is 6.02. The van der Waals surface area contributed by atoms with Crippen LogP contribution in [-0.2, 0) is 11.8 Å². The standard InChI is InChI=1S/C17H23N7O3/c1-10-5-6-24(10)17(26)27-12-4-3-11(7-12)13-8-15(21-20-13)19-16(25)14-9-18-22-23(14)2/h8-12H,3-7H2,1-2H3,(H2,19,20,21,25)/t10-,11-,12+/m0/s1. The molecular formula is C17H23N7O3. The molecule has 10 heteroatoms. The quantitative estimate of drug-likeness (QED) is 0.841. The Morgan fingerprint density at radius 2 is 2.19 bits per heavy atom. The Labute approximate surface area is 156 Å². The molecule has 0 radical (unpaired) electrons. The minimum Gasteiger partial charge on any atom is -0.446 e. The van der Waals surface area contributed by atoms with Gasteiger partial charge in [-0.2, -0.15) is 5.10 Å².